The number of amides is 2. The number of hydrogen-bond donors (Lipinski definition) is 3. The third kappa shape index (κ3) is 8.06. The predicted molar refractivity (Wildman–Crippen MR) is 170 cm³/mol. The Morgan fingerprint density at radius 2 is 1.62 bits per heavy atom. The van der Waals surface area contributed by atoms with E-state index in [1.54, 1.807) is 4.90 Å². The van der Waals surface area contributed by atoms with E-state index in [0.29, 0.717) is 31.0 Å². The Morgan fingerprint density at radius 1 is 0.929 bits per heavy atom. The van der Waals surface area contributed by atoms with Gasteiger partial charge >= 0.3 is 0 Å². The predicted octanol–water partition coefficient (Wildman–Crippen LogP) is 5.73. The fraction of sp³-hybridized carbons (Fsp3) is 0.364. The van der Waals surface area contributed by atoms with Crippen molar-refractivity contribution in [3.63, 3.8) is 0 Å². The summed E-state index contributed by atoms with van der Waals surface area (Å²) in [5, 5.41) is 17.7. The molecule has 4 aromatic rings. The first-order chi connectivity index (χ1) is 20.4. The smallest absolute Gasteiger partial charge is 0.243 e. The molecule has 2 N–H and O–H groups in total. The van der Waals surface area contributed by atoms with Crippen LogP contribution in [0.25, 0.3) is 22.5 Å². The molecule has 0 aliphatic rings. The number of nitrogens with one attached hydrogen (secondary N) is 2. The highest BCUT2D eigenvalue weighted by molar-refractivity contribution is 7.80. The van der Waals surface area contributed by atoms with E-state index in [9.17, 15) is 9.59 Å². The highest BCUT2D eigenvalue weighted by Gasteiger charge is 2.33. The van der Waals surface area contributed by atoms with Crippen LogP contribution in [0.5, 0.6) is 0 Å². The lowest BCUT2D eigenvalue weighted by Crippen LogP contribution is -2.54. The number of unbranched alkanes of at least 4 members (excludes halogenated alkanes) is 1. The molecule has 9 heteroatoms. The molecule has 0 bridgehead atoms. The van der Waals surface area contributed by atoms with Gasteiger partial charge in [0.25, 0.3) is 0 Å². The van der Waals surface area contributed by atoms with E-state index in [4.69, 9.17) is 0 Å². The van der Waals surface area contributed by atoms with E-state index in [-0.39, 0.29) is 23.8 Å². The van der Waals surface area contributed by atoms with Crippen molar-refractivity contribution >= 4 is 24.4 Å². The summed E-state index contributed by atoms with van der Waals surface area (Å²) in [5.74, 6) is 0.800. The zero-order valence-corrected chi connectivity index (χ0v) is 25.4. The van der Waals surface area contributed by atoms with Gasteiger partial charge in [-0.2, -0.15) is 17.8 Å². The first-order valence-corrected chi connectivity index (χ1v) is 15.2. The number of H-pyrrole nitrogens is 1. The van der Waals surface area contributed by atoms with E-state index in [1.807, 2.05) is 92.7 Å². The van der Waals surface area contributed by atoms with Gasteiger partial charge in [0, 0.05) is 30.3 Å². The summed E-state index contributed by atoms with van der Waals surface area (Å²) in [6, 6.07) is 25.3. The Balaban J connectivity index is 1.56. The fourth-order valence-corrected chi connectivity index (χ4v) is 5.38. The van der Waals surface area contributed by atoms with Crippen molar-refractivity contribution in [3.05, 3.63) is 90.0 Å². The van der Waals surface area contributed by atoms with Gasteiger partial charge in [0.1, 0.15) is 6.04 Å². The van der Waals surface area contributed by atoms with Crippen LogP contribution in [0.3, 0.4) is 0 Å². The second kappa shape index (κ2) is 15.3. The number of aromatic nitrogens is 4. The van der Waals surface area contributed by atoms with Gasteiger partial charge in [-0.3, -0.25) is 9.59 Å². The number of benzene rings is 3. The summed E-state index contributed by atoms with van der Waals surface area (Å²) in [6.07, 6.45) is 2.77. The van der Waals surface area contributed by atoms with Crippen LogP contribution in [0.2, 0.25) is 0 Å². The molecule has 2 unspecified atom stereocenters. The van der Waals surface area contributed by atoms with Crippen LogP contribution in [-0.4, -0.2) is 55.2 Å². The average molecular weight is 585 g/mol. The maximum atomic E-state index is 13.8. The largest absolute Gasteiger partial charge is 0.350 e. The van der Waals surface area contributed by atoms with Gasteiger partial charge in [0.15, 0.2) is 0 Å². The van der Waals surface area contributed by atoms with Gasteiger partial charge in [-0.05, 0) is 46.2 Å². The maximum absolute atomic E-state index is 13.8. The third-order valence-corrected chi connectivity index (χ3v) is 7.76. The van der Waals surface area contributed by atoms with Crippen molar-refractivity contribution in [2.24, 2.45) is 5.92 Å². The maximum Gasteiger partial charge on any atom is 0.243 e. The Labute approximate surface area is 253 Å². The molecule has 0 fully saturated rings. The van der Waals surface area contributed by atoms with Crippen LogP contribution in [-0.2, 0) is 22.6 Å². The van der Waals surface area contributed by atoms with Crippen LogP contribution >= 0.6 is 12.6 Å². The molecule has 0 saturated carbocycles. The van der Waals surface area contributed by atoms with Crippen molar-refractivity contribution in [1.82, 2.24) is 30.8 Å². The standard InChI is InChI=1S/C33H40N6O2S/c1-4-5-15-30(40)39(31(23(2)3)33(41)34-27(22-42)20-24-11-7-6-8-12-24)21-25-16-18-26(19-17-25)28-13-9-10-14-29(28)32-35-37-38-36-32/h6-14,16-19,23,27,31,42H,4-5,15,20-22H2,1-3H3,(H,34,41)(H,35,36,37,38). The van der Waals surface area contributed by atoms with Crippen molar-refractivity contribution < 1.29 is 9.59 Å². The molecule has 4 rings (SSSR count). The molecule has 0 aliphatic heterocycles. The zero-order valence-electron chi connectivity index (χ0n) is 24.5. The summed E-state index contributed by atoms with van der Waals surface area (Å²) in [6.45, 7) is 6.40. The third-order valence-electron chi connectivity index (χ3n) is 7.32. The van der Waals surface area contributed by atoms with Gasteiger partial charge in [-0.1, -0.05) is 106 Å². The van der Waals surface area contributed by atoms with Crippen molar-refractivity contribution in [2.45, 2.75) is 65.1 Å². The van der Waals surface area contributed by atoms with E-state index in [0.717, 1.165) is 40.7 Å². The normalized spacial score (nSPS) is 12.6. The average Bonchev–Trinajstić information content (AvgIpc) is 3.55. The van der Waals surface area contributed by atoms with Gasteiger partial charge in [-0.25, -0.2) is 0 Å². The first kappa shape index (κ1) is 31.0. The van der Waals surface area contributed by atoms with E-state index < -0.39 is 6.04 Å². The zero-order chi connectivity index (χ0) is 29.9. The van der Waals surface area contributed by atoms with Gasteiger partial charge < -0.3 is 10.2 Å². The molecule has 2 atom stereocenters. The minimum atomic E-state index is -0.605. The number of carbonyl (C=O) groups excluding carboxylic acids is 2. The van der Waals surface area contributed by atoms with E-state index in [1.165, 1.54) is 0 Å². The minimum absolute atomic E-state index is 0.0114. The van der Waals surface area contributed by atoms with Gasteiger partial charge in [0.2, 0.25) is 17.6 Å². The molecule has 0 spiro atoms. The molecule has 220 valence electrons. The quantitative estimate of drug-likeness (QED) is 0.164. The van der Waals surface area contributed by atoms with Crippen molar-refractivity contribution in [1.29, 1.82) is 0 Å². The van der Waals surface area contributed by atoms with Crippen LogP contribution < -0.4 is 5.32 Å². The molecule has 0 radical (unpaired) electrons. The van der Waals surface area contributed by atoms with Gasteiger partial charge in [0.05, 0.1) is 0 Å². The first-order valence-electron chi connectivity index (χ1n) is 14.6. The topological polar surface area (TPSA) is 104 Å². The number of aromatic amines is 1. The number of tetrazole rings is 1. The number of thiol groups is 1. The molecular weight excluding hydrogens is 544 g/mol. The van der Waals surface area contributed by atoms with Crippen LogP contribution in [0.4, 0.5) is 0 Å². The Hall–Kier alpha value is -3.98. The highest BCUT2D eigenvalue weighted by atomic mass is 32.1. The lowest BCUT2D eigenvalue weighted by Gasteiger charge is -2.35. The monoisotopic (exact) mass is 584 g/mol. The summed E-state index contributed by atoms with van der Waals surface area (Å²) < 4.78 is 0. The molecule has 8 nitrogen and oxygen atoms in total. The summed E-state index contributed by atoms with van der Waals surface area (Å²) >= 11 is 4.52. The van der Waals surface area contributed by atoms with Crippen molar-refractivity contribution in [2.75, 3.05) is 5.75 Å². The van der Waals surface area contributed by atoms with Crippen LogP contribution in [0.1, 0.15) is 51.2 Å². The Bertz CT molecular complexity index is 1410. The summed E-state index contributed by atoms with van der Waals surface area (Å²) in [5.41, 5.74) is 4.95. The van der Waals surface area contributed by atoms with E-state index >= 15 is 0 Å². The molecule has 3 aromatic carbocycles. The van der Waals surface area contributed by atoms with Crippen LogP contribution in [0.15, 0.2) is 78.9 Å². The fourth-order valence-electron chi connectivity index (χ4n) is 5.16. The van der Waals surface area contributed by atoms with E-state index in [2.05, 4.69) is 45.5 Å². The summed E-state index contributed by atoms with van der Waals surface area (Å²) in [7, 11) is 0. The number of hydrogen-bond acceptors (Lipinski definition) is 6. The van der Waals surface area contributed by atoms with Crippen LogP contribution in [0, 0.1) is 5.92 Å². The lowest BCUT2D eigenvalue weighted by molar-refractivity contribution is -0.143. The number of carbonyl (C=O) groups is 2. The SMILES string of the molecule is CCCCC(=O)N(Cc1ccc(-c2ccccc2-c2nn[nH]n2)cc1)C(C(=O)NC(CS)Cc1ccccc1)C(C)C. The second-order valence-electron chi connectivity index (χ2n) is 10.9. The molecule has 1 heterocycles. The highest BCUT2D eigenvalue weighted by Crippen LogP contribution is 2.30. The molecule has 2 amide bonds. The van der Waals surface area contributed by atoms with Gasteiger partial charge in [-0.15, -0.1) is 10.2 Å². The number of rotatable bonds is 14. The Morgan fingerprint density at radius 3 is 2.24 bits per heavy atom. The number of nitrogens with zero attached hydrogens (tertiary/aromatic N) is 4. The Kier molecular flexibility index (Phi) is 11.3. The van der Waals surface area contributed by atoms with Crippen molar-refractivity contribution in [3.8, 4) is 22.5 Å². The summed E-state index contributed by atoms with van der Waals surface area (Å²) in [4.78, 5) is 29.1. The molecule has 0 aliphatic carbocycles. The molecule has 42 heavy (non-hydrogen) atoms. The molecule has 0 saturated heterocycles. The molecular formula is C33H40N6O2S. The lowest BCUT2D eigenvalue weighted by atomic mass is 9.96. The molecule has 1 aromatic heterocycles. The second-order valence-corrected chi connectivity index (χ2v) is 11.2. The minimum Gasteiger partial charge on any atom is -0.350 e.